The molecule has 1 aromatic carbocycles. The van der Waals surface area contributed by atoms with Gasteiger partial charge in [0.25, 0.3) is 0 Å². The molecule has 1 aromatic rings. The van der Waals surface area contributed by atoms with Gasteiger partial charge in [-0.25, -0.2) is 4.79 Å². The first-order valence-corrected chi connectivity index (χ1v) is 6.86. The molecule has 0 aromatic heterocycles. The minimum atomic E-state index is -0.641. The van der Waals surface area contributed by atoms with Crippen molar-refractivity contribution in [2.24, 2.45) is 0 Å². The van der Waals surface area contributed by atoms with Crippen LogP contribution in [0.2, 0.25) is 0 Å². The molecule has 1 fully saturated rings. The summed E-state index contributed by atoms with van der Waals surface area (Å²) in [6.07, 6.45) is 2.23. The molecule has 5 heteroatoms. The number of ether oxygens (including phenoxy) is 1. The Kier molecular flexibility index (Phi) is 5.12. The molecule has 108 valence electrons. The van der Waals surface area contributed by atoms with Gasteiger partial charge in [-0.05, 0) is 24.9 Å². The third-order valence-electron chi connectivity index (χ3n) is 3.46. The fraction of sp³-hybridized carbons (Fsp3) is 0.467. The topological polar surface area (TPSA) is 67.4 Å². The van der Waals surface area contributed by atoms with Crippen LogP contribution >= 0.6 is 0 Å². The predicted octanol–water partition coefficient (Wildman–Crippen LogP) is 0.639. The van der Waals surface area contributed by atoms with Crippen LogP contribution in [0.25, 0.3) is 0 Å². The van der Waals surface area contributed by atoms with Gasteiger partial charge in [-0.1, -0.05) is 30.3 Å². The SMILES string of the molecule is COC(=O)[C@H](Cc1ccccc1)NC(=O)[C@@H]1CCCN1. The summed E-state index contributed by atoms with van der Waals surface area (Å²) < 4.78 is 4.77. The highest BCUT2D eigenvalue weighted by Gasteiger charge is 2.27. The first-order chi connectivity index (χ1) is 9.70. The number of esters is 1. The molecule has 1 saturated heterocycles. The highest BCUT2D eigenvalue weighted by atomic mass is 16.5. The molecule has 1 amide bonds. The lowest BCUT2D eigenvalue weighted by Gasteiger charge is -2.19. The van der Waals surface area contributed by atoms with E-state index in [0.29, 0.717) is 6.42 Å². The van der Waals surface area contributed by atoms with Gasteiger partial charge in [0, 0.05) is 6.42 Å². The fourth-order valence-electron chi connectivity index (χ4n) is 2.37. The van der Waals surface area contributed by atoms with Gasteiger partial charge < -0.3 is 15.4 Å². The van der Waals surface area contributed by atoms with Gasteiger partial charge in [0.2, 0.25) is 5.91 Å². The van der Waals surface area contributed by atoms with Crippen LogP contribution in [0.4, 0.5) is 0 Å². The molecule has 2 atom stereocenters. The van der Waals surface area contributed by atoms with Gasteiger partial charge in [0.1, 0.15) is 6.04 Å². The second kappa shape index (κ2) is 7.05. The molecule has 2 rings (SSSR count). The van der Waals surface area contributed by atoms with E-state index in [1.54, 1.807) is 0 Å². The third-order valence-corrected chi connectivity index (χ3v) is 3.46. The molecule has 1 aliphatic heterocycles. The average Bonchev–Trinajstić information content (AvgIpc) is 3.01. The number of hydrogen-bond donors (Lipinski definition) is 2. The molecule has 20 heavy (non-hydrogen) atoms. The zero-order valence-corrected chi connectivity index (χ0v) is 11.6. The molecule has 1 heterocycles. The van der Waals surface area contributed by atoms with Crippen LogP contribution in [0.3, 0.4) is 0 Å². The number of rotatable bonds is 5. The van der Waals surface area contributed by atoms with Crippen molar-refractivity contribution in [1.29, 1.82) is 0 Å². The quantitative estimate of drug-likeness (QED) is 0.775. The van der Waals surface area contributed by atoms with Gasteiger partial charge >= 0.3 is 5.97 Å². The summed E-state index contributed by atoms with van der Waals surface area (Å²) in [5.74, 6) is -0.547. The van der Waals surface area contributed by atoms with Gasteiger partial charge in [0.05, 0.1) is 13.2 Å². The lowest BCUT2D eigenvalue weighted by Crippen LogP contribution is -2.49. The zero-order valence-electron chi connectivity index (χ0n) is 11.6. The van der Waals surface area contributed by atoms with Crippen LogP contribution < -0.4 is 10.6 Å². The van der Waals surface area contributed by atoms with E-state index < -0.39 is 12.0 Å². The van der Waals surface area contributed by atoms with Gasteiger partial charge in [0.15, 0.2) is 0 Å². The Morgan fingerprint density at radius 2 is 2.15 bits per heavy atom. The van der Waals surface area contributed by atoms with E-state index in [1.807, 2.05) is 30.3 Å². The number of benzene rings is 1. The summed E-state index contributed by atoms with van der Waals surface area (Å²) in [5.41, 5.74) is 0.989. The summed E-state index contributed by atoms with van der Waals surface area (Å²) >= 11 is 0. The van der Waals surface area contributed by atoms with E-state index in [4.69, 9.17) is 4.74 Å². The third kappa shape index (κ3) is 3.81. The van der Waals surface area contributed by atoms with Crippen LogP contribution in [0.15, 0.2) is 30.3 Å². The monoisotopic (exact) mass is 276 g/mol. The molecule has 0 aliphatic carbocycles. The number of carbonyl (C=O) groups excluding carboxylic acids is 2. The van der Waals surface area contributed by atoms with E-state index in [-0.39, 0.29) is 11.9 Å². The number of carbonyl (C=O) groups is 2. The van der Waals surface area contributed by atoms with Crippen molar-refractivity contribution < 1.29 is 14.3 Å². The summed E-state index contributed by atoms with van der Waals surface area (Å²) in [6, 6.07) is 8.74. The highest BCUT2D eigenvalue weighted by Crippen LogP contribution is 2.08. The van der Waals surface area contributed by atoms with E-state index in [0.717, 1.165) is 24.9 Å². The normalized spacial score (nSPS) is 19.4. The smallest absolute Gasteiger partial charge is 0.328 e. The molecule has 0 unspecified atom stereocenters. The fourth-order valence-corrected chi connectivity index (χ4v) is 2.37. The molecular weight excluding hydrogens is 256 g/mol. The Morgan fingerprint density at radius 3 is 2.75 bits per heavy atom. The zero-order chi connectivity index (χ0) is 14.4. The number of amides is 1. The lowest BCUT2D eigenvalue weighted by atomic mass is 10.1. The molecule has 2 N–H and O–H groups in total. The standard InChI is InChI=1S/C15H20N2O3/c1-20-15(19)13(10-11-6-3-2-4-7-11)17-14(18)12-8-5-9-16-12/h2-4,6-7,12-13,16H,5,8-10H2,1H3,(H,17,18)/t12-,13-/m0/s1. The number of methoxy groups -OCH3 is 1. The van der Waals surface area contributed by atoms with Crippen LogP contribution in [0.1, 0.15) is 18.4 Å². The first-order valence-electron chi connectivity index (χ1n) is 6.86. The maximum absolute atomic E-state index is 12.1. The Hall–Kier alpha value is -1.88. The van der Waals surface area contributed by atoms with Crippen molar-refractivity contribution in [3.05, 3.63) is 35.9 Å². The number of nitrogens with one attached hydrogen (secondary N) is 2. The van der Waals surface area contributed by atoms with Gasteiger partial charge in [-0.15, -0.1) is 0 Å². The van der Waals surface area contributed by atoms with Crippen molar-refractivity contribution in [2.45, 2.75) is 31.3 Å². The first kappa shape index (κ1) is 14.5. The second-order valence-corrected chi connectivity index (χ2v) is 4.92. The molecule has 0 radical (unpaired) electrons. The maximum Gasteiger partial charge on any atom is 0.328 e. The van der Waals surface area contributed by atoms with Crippen molar-refractivity contribution in [1.82, 2.24) is 10.6 Å². The Labute approximate surface area is 118 Å². The van der Waals surface area contributed by atoms with Crippen LogP contribution in [0.5, 0.6) is 0 Å². The van der Waals surface area contributed by atoms with Gasteiger partial charge in [-0.2, -0.15) is 0 Å². The van der Waals surface area contributed by atoms with Crippen molar-refractivity contribution in [3.63, 3.8) is 0 Å². The van der Waals surface area contributed by atoms with Crippen LogP contribution in [0, 0.1) is 0 Å². The molecule has 0 saturated carbocycles. The van der Waals surface area contributed by atoms with Crippen molar-refractivity contribution in [3.8, 4) is 0 Å². The maximum atomic E-state index is 12.1. The van der Waals surface area contributed by atoms with Crippen molar-refractivity contribution in [2.75, 3.05) is 13.7 Å². The average molecular weight is 276 g/mol. The minimum absolute atomic E-state index is 0.131. The lowest BCUT2D eigenvalue weighted by molar-refractivity contribution is -0.145. The summed E-state index contributed by atoms with van der Waals surface area (Å²) in [5, 5.41) is 5.90. The van der Waals surface area contributed by atoms with Crippen LogP contribution in [-0.4, -0.2) is 37.6 Å². The molecule has 1 aliphatic rings. The second-order valence-electron chi connectivity index (χ2n) is 4.92. The summed E-state index contributed by atoms with van der Waals surface area (Å²) in [6.45, 7) is 0.847. The molecular formula is C15H20N2O3. The predicted molar refractivity (Wildman–Crippen MR) is 75.1 cm³/mol. The van der Waals surface area contributed by atoms with E-state index in [2.05, 4.69) is 10.6 Å². The van der Waals surface area contributed by atoms with E-state index in [1.165, 1.54) is 7.11 Å². The summed E-state index contributed by atoms with van der Waals surface area (Å²) in [7, 11) is 1.33. The highest BCUT2D eigenvalue weighted by molar-refractivity contribution is 5.87. The molecule has 5 nitrogen and oxygen atoms in total. The molecule has 0 spiro atoms. The largest absolute Gasteiger partial charge is 0.467 e. The van der Waals surface area contributed by atoms with Crippen molar-refractivity contribution >= 4 is 11.9 Å². The van der Waals surface area contributed by atoms with Crippen LogP contribution in [-0.2, 0) is 20.7 Å². The Balaban J connectivity index is 2.00. The Bertz CT molecular complexity index is 455. The minimum Gasteiger partial charge on any atom is -0.467 e. The van der Waals surface area contributed by atoms with Gasteiger partial charge in [-0.3, -0.25) is 4.79 Å². The Morgan fingerprint density at radius 1 is 1.40 bits per heavy atom. The molecule has 0 bridgehead atoms. The van der Waals surface area contributed by atoms with E-state index in [9.17, 15) is 9.59 Å². The van der Waals surface area contributed by atoms with E-state index >= 15 is 0 Å². The number of hydrogen-bond acceptors (Lipinski definition) is 4. The summed E-state index contributed by atoms with van der Waals surface area (Å²) in [4.78, 5) is 23.9.